The highest BCUT2D eigenvalue weighted by atomic mass is 16.1. The van der Waals surface area contributed by atoms with Gasteiger partial charge >= 0.3 is 0 Å². The average Bonchev–Trinajstić information content (AvgIpc) is 2.32. The van der Waals surface area contributed by atoms with Crippen molar-refractivity contribution in [2.75, 3.05) is 0 Å². The number of carbonyl (C=O) groups is 1. The predicted octanol–water partition coefficient (Wildman–Crippen LogP) is 3.50. The Balaban J connectivity index is 3.23. The van der Waals surface area contributed by atoms with Crippen molar-refractivity contribution in [1.29, 1.82) is 0 Å². The van der Waals surface area contributed by atoms with E-state index < -0.39 is 0 Å². The Morgan fingerprint density at radius 1 is 1.27 bits per heavy atom. The van der Waals surface area contributed by atoms with Gasteiger partial charge in [-0.15, -0.1) is 0 Å². The Morgan fingerprint density at radius 2 is 1.80 bits per heavy atom. The number of ketones is 1. The first-order chi connectivity index (χ1) is 7.21. The lowest BCUT2D eigenvalue weighted by Gasteiger charge is -2.29. The van der Waals surface area contributed by atoms with E-state index in [1.165, 1.54) is 6.08 Å². The Labute approximate surface area is 91.8 Å². The third-order valence-electron chi connectivity index (χ3n) is 3.19. The summed E-state index contributed by atoms with van der Waals surface area (Å²) in [6, 6.07) is 9.97. The predicted molar refractivity (Wildman–Crippen MR) is 63.9 cm³/mol. The van der Waals surface area contributed by atoms with E-state index in [4.69, 9.17) is 0 Å². The van der Waals surface area contributed by atoms with E-state index in [1.807, 2.05) is 30.3 Å². The molecule has 0 atom stereocenters. The van der Waals surface area contributed by atoms with Crippen LogP contribution in [0.1, 0.15) is 32.3 Å². The minimum Gasteiger partial charge on any atom is -0.294 e. The maximum absolute atomic E-state index is 12.0. The normalized spacial score (nSPS) is 11.1. The summed E-state index contributed by atoms with van der Waals surface area (Å²) in [7, 11) is 0. The highest BCUT2D eigenvalue weighted by Crippen LogP contribution is 2.32. The molecule has 0 aromatic heterocycles. The zero-order valence-electron chi connectivity index (χ0n) is 9.49. The largest absolute Gasteiger partial charge is 0.294 e. The molecule has 0 aliphatic rings. The fourth-order valence-electron chi connectivity index (χ4n) is 2.10. The molecule has 0 aliphatic heterocycles. The van der Waals surface area contributed by atoms with Crippen molar-refractivity contribution >= 4 is 5.78 Å². The van der Waals surface area contributed by atoms with Crippen LogP contribution in [0.5, 0.6) is 0 Å². The molecule has 0 amide bonds. The van der Waals surface area contributed by atoms with E-state index in [0.29, 0.717) is 0 Å². The van der Waals surface area contributed by atoms with E-state index in [2.05, 4.69) is 20.4 Å². The van der Waals surface area contributed by atoms with Crippen LogP contribution in [-0.4, -0.2) is 5.78 Å². The summed E-state index contributed by atoms with van der Waals surface area (Å²) < 4.78 is 0. The van der Waals surface area contributed by atoms with Crippen molar-refractivity contribution in [2.45, 2.75) is 32.1 Å². The first-order valence-electron chi connectivity index (χ1n) is 5.43. The summed E-state index contributed by atoms with van der Waals surface area (Å²) in [6.07, 6.45) is 3.08. The van der Waals surface area contributed by atoms with Gasteiger partial charge in [-0.25, -0.2) is 0 Å². The van der Waals surface area contributed by atoms with Gasteiger partial charge < -0.3 is 0 Å². The fourth-order valence-corrected chi connectivity index (χ4v) is 2.10. The summed E-state index contributed by atoms with van der Waals surface area (Å²) >= 11 is 0. The molecule has 1 rings (SSSR count). The van der Waals surface area contributed by atoms with Crippen LogP contribution >= 0.6 is 0 Å². The first-order valence-corrected chi connectivity index (χ1v) is 5.43. The molecule has 0 saturated heterocycles. The van der Waals surface area contributed by atoms with Crippen molar-refractivity contribution in [3.8, 4) is 0 Å². The second kappa shape index (κ2) is 4.92. The highest BCUT2D eigenvalue weighted by Gasteiger charge is 2.34. The van der Waals surface area contributed by atoms with E-state index in [-0.39, 0.29) is 11.2 Å². The zero-order valence-corrected chi connectivity index (χ0v) is 9.49. The summed E-state index contributed by atoms with van der Waals surface area (Å²) in [5, 5.41) is 0. The molecule has 0 aliphatic carbocycles. The van der Waals surface area contributed by atoms with Gasteiger partial charge in [0.2, 0.25) is 0 Å². The first kappa shape index (κ1) is 11.7. The minimum atomic E-state index is -0.372. The Morgan fingerprint density at radius 3 is 2.20 bits per heavy atom. The zero-order chi connectivity index (χ0) is 11.3. The molecule has 0 bridgehead atoms. The lowest BCUT2D eigenvalue weighted by Crippen LogP contribution is -2.33. The SMILES string of the molecule is C=CC(=O)C(CC)(CC)c1ccccc1. The molecule has 0 heterocycles. The third-order valence-corrected chi connectivity index (χ3v) is 3.19. The van der Waals surface area contributed by atoms with E-state index in [0.717, 1.165) is 18.4 Å². The van der Waals surface area contributed by atoms with Crippen molar-refractivity contribution in [2.24, 2.45) is 0 Å². The topological polar surface area (TPSA) is 17.1 Å². The molecule has 0 spiro atoms. The molecule has 1 aromatic carbocycles. The molecule has 0 fully saturated rings. The van der Waals surface area contributed by atoms with Gasteiger partial charge in [-0.3, -0.25) is 4.79 Å². The molecule has 0 radical (unpaired) electrons. The molecule has 0 N–H and O–H groups in total. The number of allylic oxidation sites excluding steroid dienone is 1. The number of carbonyl (C=O) groups excluding carboxylic acids is 1. The third kappa shape index (κ3) is 2.01. The summed E-state index contributed by atoms with van der Waals surface area (Å²) in [4.78, 5) is 12.0. The summed E-state index contributed by atoms with van der Waals surface area (Å²) in [6.45, 7) is 7.71. The van der Waals surface area contributed by atoms with E-state index >= 15 is 0 Å². The quantitative estimate of drug-likeness (QED) is 0.668. The Kier molecular flexibility index (Phi) is 3.84. The smallest absolute Gasteiger partial charge is 0.165 e. The van der Waals surface area contributed by atoms with E-state index in [9.17, 15) is 4.79 Å². The highest BCUT2D eigenvalue weighted by molar-refractivity contribution is 5.98. The maximum Gasteiger partial charge on any atom is 0.165 e. The molecule has 1 heteroatoms. The number of rotatable bonds is 5. The van der Waals surface area contributed by atoms with Crippen LogP contribution in [0.15, 0.2) is 43.0 Å². The van der Waals surface area contributed by atoms with Gasteiger partial charge in [0.25, 0.3) is 0 Å². The number of benzene rings is 1. The van der Waals surface area contributed by atoms with Crippen LogP contribution in [0.25, 0.3) is 0 Å². The Hall–Kier alpha value is -1.37. The van der Waals surface area contributed by atoms with Gasteiger partial charge in [0.15, 0.2) is 5.78 Å². The maximum atomic E-state index is 12.0. The van der Waals surface area contributed by atoms with Crippen molar-refractivity contribution in [3.63, 3.8) is 0 Å². The lowest BCUT2D eigenvalue weighted by atomic mass is 9.72. The van der Waals surface area contributed by atoms with E-state index in [1.54, 1.807) is 0 Å². The van der Waals surface area contributed by atoms with Gasteiger partial charge in [-0.05, 0) is 24.5 Å². The van der Waals surface area contributed by atoms with Crippen LogP contribution in [0.4, 0.5) is 0 Å². The average molecular weight is 202 g/mol. The number of hydrogen-bond donors (Lipinski definition) is 0. The molecular formula is C14H18O. The fraction of sp³-hybridized carbons (Fsp3) is 0.357. The molecule has 0 unspecified atom stereocenters. The molecular weight excluding hydrogens is 184 g/mol. The lowest BCUT2D eigenvalue weighted by molar-refractivity contribution is -0.120. The molecule has 0 saturated carbocycles. The monoisotopic (exact) mass is 202 g/mol. The van der Waals surface area contributed by atoms with Gasteiger partial charge in [0.1, 0.15) is 0 Å². The van der Waals surface area contributed by atoms with Crippen molar-refractivity contribution in [3.05, 3.63) is 48.6 Å². The van der Waals surface area contributed by atoms with Gasteiger partial charge in [-0.2, -0.15) is 0 Å². The minimum absolute atomic E-state index is 0.124. The van der Waals surface area contributed by atoms with Crippen LogP contribution in [0, 0.1) is 0 Å². The van der Waals surface area contributed by atoms with Crippen molar-refractivity contribution in [1.82, 2.24) is 0 Å². The van der Waals surface area contributed by atoms with Crippen LogP contribution in [-0.2, 0) is 10.2 Å². The summed E-state index contributed by atoms with van der Waals surface area (Å²) in [5.74, 6) is 0.124. The number of hydrogen-bond acceptors (Lipinski definition) is 1. The summed E-state index contributed by atoms with van der Waals surface area (Å²) in [5.41, 5.74) is 0.725. The standard InChI is InChI=1S/C14H18O/c1-4-13(15)14(5-2,6-3)12-10-8-7-9-11-12/h4,7-11H,1,5-6H2,2-3H3. The molecule has 80 valence electrons. The molecule has 1 aromatic rings. The van der Waals surface area contributed by atoms with Gasteiger partial charge in [-0.1, -0.05) is 50.8 Å². The van der Waals surface area contributed by atoms with Crippen molar-refractivity contribution < 1.29 is 4.79 Å². The second-order valence-corrected chi connectivity index (χ2v) is 3.72. The van der Waals surface area contributed by atoms with Gasteiger partial charge in [0.05, 0.1) is 5.41 Å². The van der Waals surface area contributed by atoms with Crippen LogP contribution < -0.4 is 0 Å². The molecule has 15 heavy (non-hydrogen) atoms. The van der Waals surface area contributed by atoms with Gasteiger partial charge in [0, 0.05) is 0 Å². The second-order valence-electron chi connectivity index (χ2n) is 3.72. The van der Waals surface area contributed by atoms with Crippen LogP contribution in [0.2, 0.25) is 0 Å². The van der Waals surface area contributed by atoms with Crippen LogP contribution in [0.3, 0.4) is 0 Å². The Bertz CT molecular complexity index is 334. The molecule has 1 nitrogen and oxygen atoms in total.